The van der Waals surface area contributed by atoms with Crippen molar-refractivity contribution in [1.29, 1.82) is 0 Å². The molecule has 1 aromatic heterocycles. The van der Waals surface area contributed by atoms with Crippen LogP contribution in [0.4, 0.5) is 0 Å². The molecule has 1 atom stereocenters. The summed E-state index contributed by atoms with van der Waals surface area (Å²) in [4.78, 5) is 34.5. The van der Waals surface area contributed by atoms with Gasteiger partial charge in [0, 0.05) is 6.07 Å². The molecule has 0 saturated heterocycles. The highest BCUT2D eigenvalue weighted by Gasteiger charge is 2.18. The molecule has 0 saturated carbocycles. The maximum Gasteiger partial charge on any atom is 0.371 e. The summed E-state index contributed by atoms with van der Waals surface area (Å²) < 4.78 is 15.9. The number of rotatable bonds is 8. The number of fused-ring (bicyclic) bond motifs is 1. The Morgan fingerprint density at radius 1 is 0.967 bits per heavy atom. The number of aromatic hydroxyl groups is 1. The Labute approximate surface area is 168 Å². The Morgan fingerprint density at radius 3 is 2.27 bits per heavy atom. The quantitative estimate of drug-likeness (QED) is 0.425. The lowest BCUT2D eigenvalue weighted by Crippen LogP contribution is -2.25. The van der Waals surface area contributed by atoms with E-state index in [1.807, 2.05) is 0 Å². The number of aromatic carboxylic acids is 2. The summed E-state index contributed by atoms with van der Waals surface area (Å²) in [6.07, 6.45) is -1.21. The molecule has 156 valence electrons. The maximum atomic E-state index is 12.2. The highest BCUT2D eigenvalue weighted by atomic mass is 16.5. The van der Waals surface area contributed by atoms with E-state index >= 15 is 0 Å². The van der Waals surface area contributed by atoms with E-state index in [2.05, 4.69) is 0 Å². The van der Waals surface area contributed by atoms with Crippen LogP contribution in [0.15, 0.2) is 51.7 Å². The predicted molar refractivity (Wildman–Crippen MR) is 102 cm³/mol. The molecule has 10 nitrogen and oxygen atoms in total. The minimum atomic E-state index is -1.39. The number of phenols is 1. The van der Waals surface area contributed by atoms with Gasteiger partial charge in [0.05, 0.1) is 0 Å². The second-order valence-corrected chi connectivity index (χ2v) is 6.14. The lowest BCUT2D eigenvalue weighted by atomic mass is 10.2. The van der Waals surface area contributed by atoms with Crippen molar-refractivity contribution >= 4 is 22.9 Å². The molecule has 3 aromatic rings. The van der Waals surface area contributed by atoms with Gasteiger partial charge in [0.15, 0.2) is 5.43 Å². The molecule has 0 bridgehead atoms. The van der Waals surface area contributed by atoms with Crippen molar-refractivity contribution < 1.29 is 43.9 Å². The van der Waals surface area contributed by atoms with E-state index in [4.69, 9.17) is 24.1 Å². The minimum Gasteiger partial charge on any atom is -0.507 e. The number of carboxylic acid groups (broad SMARTS) is 2. The first-order valence-corrected chi connectivity index (χ1v) is 8.57. The SMILES string of the molecule is O=C(O)c1cc(=O)c2c(OCC(O)COc3cccc(O)c3C(=O)O)cccc2o1. The minimum absolute atomic E-state index is 0.00833. The second kappa shape index (κ2) is 8.53. The zero-order chi connectivity index (χ0) is 21.8. The highest BCUT2D eigenvalue weighted by Crippen LogP contribution is 2.28. The van der Waals surface area contributed by atoms with Gasteiger partial charge in [-0.05, 0) is 24.3 Å². The summed E-state index contributed by atoms with van der Waals surface area (Å²) in [5, 5.41) is 37.9. The molecule has 10 heteroatoms. The van der Waals surface area contributed by atoms with Crippen molar-refractivity contribution in [1.82, 2.24) is 0 Å². The van der Waals surface area contributed by atoms with Gasteiger partial charge in [-0.15, -0.1) is 0 Å². The molecule has 0 aliphatic heterocycles. The predicted octanol–water partition coefficient (Wildman–Crippen LogP) is 1.71. The fraction of sp³-hybridized carbons (Fsp3) is 0.150. The van der Waals surface area contributed by atoms with Gasteiger partial charge >= 0.3 is 11.9 Å². The molecule has 0 spiro atoms. The summed E-state index contributed by atoms with van der Waals surface area (Å²) in [6.45, 7) is -0.674. The van der Waals surface area contributed by atoms with E-state index in [-0.39, 0.29) is 35.7 Å². The Bertz CT molecular complexity index is 1160. The average Bonchev–Trinajstić information content (AvgIpc) is 2.69. The van der Waals surface area contributed by atoms with Gasteiger partial charge in [-0.1, -0.05) is 12.1 Å². The second-order valence-electron chi connectivity index (χ2n) is 6.14. The fourth-order valence-electron chi connectivity index (χ4n) is 2.68. The molecule has 0 radical (unpaired) electrons. The van der Waals surface area contributed by atoms with Crippen molar-refractivity contribution in [3.8, 4) is 17.2 Å². The van der Waals surface area contributed by atoms with Crippen molar-refractivity contribution in [2.45, 2.75) is 6.10 Å². The first-order chi connectivity index (χ1) is 14.3. The van der Waals surface area contributed by atoms with Crippen molar-refractivity contribution in [2.24, 2.45) is 0 Å². The van der Waals surface area contributed by atoms with Crippen LogP contribution in [0.1, 0.15) is 20.9 Å². The normalized spacial score (nSPS) is 11.8. The van der Waals surface area contributed by atoms with Crippen LogP contribution in [0.2, 0.25) is 0 Å². The van der Waals surface area contributed by atoms with Gasteiger partial charge in [0.1, 0.15) is 53.1 Å². The number of carbonyl (C=O) groups is 2. The maximum absolute atomic E-state index is 12.2. The molecule has 1 unspecified atom stereocenters. The first-order valence-electron chi connectivity index (χ1n) is 8.57. The van der Waals surface area contributed by atoms with Gasteiger partial charge in [0.25, 0.3) is 0 Å². The molecule has 0 amide bonds. The number of aliphatic hydroxyl groups is 1. The smallest absolute Gasteiger partial charge is 0.371 e. The van der Waals surface area contributed by atoms with Gasteiger partial charge in [-0.25, -0.2) is 9.59 Å². The molecular weight excluding hydrogens is 400 g/mol. The Morgan fingerprint density at radius 2 is 1.60 bits per heavy atom. The monoisotopic (exact) mass is 416 g/mol. The third-order valence-corrected chi connectivity index (χ3v) is 4.01. The molecule has 1 heterocycles. The standard InChI is InChI=1S/C20H16O10/c21-10(9-29-14-4-1-3-11(22)18(14)20(26)27)8-28-13-5-2-6-15-17(13)12(23)7-16(30-15)19(24)25/h1-7,10,21-22H,8-9H2,(H,24,25)(H,26,27). The van der Waals surface area contributed by atoms with E-state index in [1.165, 1.54) is 36.4 Å². The number of hydrogen-bond acceptors (Lipinski definition) is 8. The molecule has 0 fully saturated rings. The Kier molecular flexibility index (Phi) is 5.88. The Hall–Kier alpha value is -4.05. The summed E-state index contributed by atoms with van der Waals surface area (Å²) >= 11 is 0. The van der Waals surface area contributed by atoms with Crippen LogP contribution >= 0.6 is 0 Å². The van der Waals surface area contributed by atoms with Crippen LogP contribution in [0.3, 0.4) is 0 Å². The van der Waals surface area contributed by atoms with Crippen LogP contribution in [0.25, 0.3) is 11.0 Å². The number of ether oxygens (including phenoxy) is 2. The number of aliphatic hydroxyl groups excluding tert-OH is 1. The van der Waals surface area contributed by atoms with E-state index in [0.717, 1.165) is 6.07 Å². The van der Waals surface area contributed by atoms with Crippen LogP contribution in [-0.4, -0.2) is 51.7 Å². The molecular formula is C20H16O10. The van der Waals surface area contributed by atoms with E-state index < -0.39 is 40.5 Å². The Balaban J connectivity index is 1.71. The largest absolute Gasteiger partial charge is 0.507 e. The van der Waals surface area contributed by atoms with Crippen molar-refractivity contribution in [3.05, 3.63) is 64.0 Å². The van der Waals surface area contributed by atoms with Crippen molar-refractivity contribution in [2.75, 3.05) is 13.2 Å². The van der Waals surface area contributed by atoms with E-state index in [1.54, 1.807) is 0 Å². The highest BCUT2D eigenvalue weighted by molar-refractivity contribution is 5.94. The third kappa shape index (κ3) is 4.33. The third-order valence-electron chi connectivity index (χ3n) is 4.01. The average molecular weight is 416 g/mol. The van der Waals surface area contributed by atoms with Gasteiger partial charge in [0.2, 0.25) is 5.76 Å². The number of carboxylic acids is 2. The molecule has 30 heavy (non-hydrogen) atoms. The summed E-state index contributed by atoms with van der Waals surface area (Å²) in [7, 11) is 0. The zero-order valence-corrected chi connectivity index (χ0v) is 15.3. The van der Waals surface area contributed by atoms with Gasteiger partial charge in [-0.3, -0.25) is 4.79 Å². The van der Waals surface area contributed by atoms with E-state index in [0.29, 0.717) is 0 Å². The molecule has 0 aliphatic rings. The van der Waals surface area contributed by atoms with Crippen LogP contribution in [0.5, 0.6) is 17.2 Å². The topological polar surface area (TPSA) is 164 Å². The van der Waals surface area contributed by atoms with Crippen LogP contribution in [0, 0.1) is 0 Å². The van der Waals surface area contributed by atoms with Crippen molar-refractivity contribution in [3.63, 3.8) is 0 Å². The molecule has 4 N–H and O–H groups in total. The lowest BCUT2D eigenvalue weighted by molar-refractivity contribution is 0.0594. The molecule has 2 aromatic carbocycles. The van der Waals surface area contributed by atoms with Crippen LogP contribution in [-0.2, 0) is 0 Å². The summed E-state index contributed by atoms with van der Waals surface area (Å²) in [6, 6.07) is 9.08. The fourth-order valence-corrected chi connectivity index (χ4v) is 2.68. The van der Waals surface area contributed by atoms with Gasteiger partial charge in [-0.2, -0.15) is 0 Å². The summed E-state index contributed by atoms with van der Waals surface area (Å²) in [5.41, 5.74) is -1.05. The first kappa shape index (κ1) is 20.7. The number of hydrogen-bond donors (Lipinski definition) is 4. The van der Waals surface area contributed by atoms with Crippen LogP contribution < -0.4 is 14.9 Å². The lowest BCUT2D eigenvalue weighted by Gasteiger charge is -2.15. The van der Waals surface area contributed by atoms with E-state index in [9.17, 15) is 24.6 Å². The number of benzene rings is 2. The molecule has 0 aliphatic carbocycles. The van der Waals surface area contributed by atoms with Gasteiger partial charge < -0.3 is 34.3 Å². The molecule has 3 rings (SSSR count). The summed E-state index contributed by atoms with van der Waals surface area (Å²) in [5.74, 6) is -3.83. The zero-order valence-electron chi connectivity index (χ0n) is 15.3.